The molecule has 2 atom stereocenters. The Morgan fingerprint density at radius 1 is 1.13 bits per heavy atom. The lowest BCUT2D eigenvalue weighted by atomic mass is 9.98. The number of fused-ring (bicyclic) bond motifs is 1. The molecular formula is C27H30O4. The van der Waals surface area contributed by atoms with Crippen LogP contribution in [0.1, 0.15) is 85.2 Å². The molecule has 0 saturated heterocycles. The van der Waals surface area contributed by atoms with Crippen LogP contribution in [0.4, 0.5) is 0 Å². The maximum Gasteiger partial charge on any atom is 0.338 e. The topological polar surface area (TPSA) is 56.5 Å². The maximum absolute atomic E-state index is 13.4. The van der Waals surface area contributed by atoms with E-state index in [1.54, 1.807) is 18.2 Å². The first kappa shape index (κ1) is 21.4. The van der Waals surface area contributed by atoms with Crippen LogP contribution in [-0.4, -0.2) is 11.6 Å². The summed E-state index contributed by atoms with van der Waals surface area (Å²) in [5.41, 5.74) is 3.63. The van der Waals surface area contributed by atoms with Crippen molar-refractivity contribution in [2.24, 2.45) is 0 Å². The monoisotopic (exact) mass is 418 g/mol. The molecule has 162 valence electrons. The molecule has 0 spiro atoms. The molecule has 1 fully saturated rings. The Morgan fingerprint density at radius 3 is 2.55 bits per heavy atom. The van der Waals surface area contributed by atoms with Crippen molar-refractivity contribution in [2.75, 3.05) is 0 Å². The molecule has 3 aromatic rings. The van der Waals surface area contributed by atoms with Crippen molar-refractivity contribution in [1.82, 2.24) is 0 Å². The van der Waals surface area contributed by atoms with Crippen molar-refractivity contribution in [2.45, 2.75) is 71.3 Å². The maximum atomic E-state index is 13.4. The van der Waals surface area contributed by atoms with Crippen molar-refractivity contribution in [3.05, 3.63) is 80.7 Å². The van der Waals surface area contributed by atoms with Crippen LogP contribution in [0.15, 0.2) is 51.7 Å². The number of carbonyl (C=O) groups excluding carboxylic acids is 1. The molecule has 0 bridgehead atoms. The van der Waals surface area contributed by atoms with Gasteiger partial charge in [-0.3, -0.25) is 4.79 Å². The summed E-state index contributed by atoms with van der Waals surface area (Å²) >= 11 is 0. The number of benzene rings is 2. The minimum atomic E-state index is -0.593. The minimum absolute atomic E-state index is 0.0288. The summed E-state index contributed by atoms with van der Waals surface area (Å²) in [6, 6.07) is 13.4. The summed E-state index contributed by atoms with van der Waals surface area (Å²) in [5, 5.41) is 0.448. The first-order valence-electron chi connectivity index (χ1n) is 11.1. The number of aryl methyl sites for hydroxylation is 1. The van der Waals surface area contributed by atoms with Crippen LogP contribution in [0.3, 0.4) is 0 Å². The first-order valence-corrected chi connectivity index (χ1v) is 11.1. The Kier molecular flexibility index (Phi) is 5.50. The molecule has 0 aliphatic heterocycles. The number of hydrogen-bond acceptors (Lipinski definition) is 4. The standard InChI is InChI=1S/C27H30O4/c1-6-9-19-24(28)22-14-17(26(29)31-27(3,4)5)12-13-23(22)30-25(19)21-15-20(21)18-11-8-7-10-16(18)2/h7-8,10-14,20-21H,6,9,15H2,1-5H3. The number of rotatable bonds is 5. The van der Waals surface area contributed by atoms with Gasteiger partial charge in [0.2, 0.25) is 0 Å². The summed E-state index contributed by atoms with van der Waals surface area (Å²) in [4.78, 5) is 25.9. The molecule has 4 nitrogen and oxygen atoms in total. The van der Waals surface area contributed by atoms with Crippen LogP contribution >= 0.6 is 0 Å². The smallest absolute Gasteiger partial charge is 0.338 e. The first-order chi connectivity index (χ1) is 14.7. The van der Waals surface area contributed by atoms with Gasteiger partial charge < -0.3 is 9.15 Å². The van der Waals surface area contributed by atoms with Crippen molar-refractivity contribution >= 4 is 16.9 Å². The number of hydrogen-bond donors (Lipinski definition) is 0. The zero-order valence-corrected chi connectivity index (χ0v) is 19.0. The third kappa shape index (κ3) is 4.30. The lowest BCUT2D eigenvalue weighted by molar-refractivity contribution is 0.00697. The number of carbonyl (C=O) groups is 1. The van der Waals surface area contributed by atoms with Crippen molar-refractivity contribution in [3.8, 4) is 0 Å². The van der Waals surface area contributed by atoms with Gasteiger partial charge in [-0.05, 0) is 75.8 Å². The van der Waals surface area contributed by atoms with E-state index < -0.39 is 11.6 Å². The molecule has 2 unspecified atom stereocenters. The van der Waals surface area contributed by atoms with E-state index >= 15 is 0 Å². The quantitative estimate of drug-likeness (QED) is 0.458. The van der Waals surface area contributed by atoms with Gasteiger partial charge in [0.1, 0.15) is 16.9 Å². The fraction of sp³-hybridized carbons (Fsp3) is 0.407. The van der Waals surface area contributed by atoms with Gasteiger partial charge in [-0.2, -0.15) is 0 Å². The van der Waals surface area contributed by atoms with Crippen LogP contribution in [0.5, 0.6) is 0 Å². The Morgan fingerprint density at radius 2 is 1.87 bits per heavy atom. The predicted molar refractivity (Wildman–Crippen MR) is 123 cm³/mol. The molecule has 4 rings (SSSR count). The Labute approximate surface area is 183 Å². The van der Waals surface area contributed by atoms with E-state index in [2.05, 4.69) is 38.1 Å². The van der Waals surface area contributed by atoms with Crippen molar-refractivity contribution < 1.29 is 13.9 Å². The molecule has 1 aliphatic carbocycles. The molecule has 1 saturated carbocycles. The van der Waals surface area contributed by atoms with Crippen molar-refractivity contribution in [3.63, 3.8) is 0 Å². The van der Waals surface area contributed by atoms with E-state index in [0.29, 0.717) is 28.9 Å². The van der Waals surface area contributed by atoms with E-state index in [9.17, 15) is 9.59 Å². The average molecular weight is 419 g/mol. The highest BCUT2D eigenvalue weighted by atomic mass is 16.6. The van der Waals surface area contributed by atoms with Gasteiger partial charge in [-0.15, -0.1) is 0 Å². The lowest BCUT2D eigenvalue weighted by Gasteiger charge is -2.19. The molecule has 1 aliphatic rings. The largest absolute Gasteiger partial charge is 0.460 e. The Hall–Kier alpha value is -2.88. The molecule has 2 aromatic carbocycles. The van der Waals surface area contributed by atoms with Crippen LogP contribution in [0, 0.1) is 6.92 Å². The van der Waals surface area contributed by atoms with Gasteiger partial charge in [0.25, 0.3) is 0 Å². The average Bonchev–Trinajstić information content (AvgIpc) is 3.49. The highest BCUT2D eigenvalue weighted by Gasteiger charge is 2.44. The molecule has 31 heavy (non-hydrogen) atoms. The van der Waals surface area contributed by atoms with Crippen LogP contribution in [-0.2, 0) is 11.2 Å². The third-order valence-electron chi connectivity index (χ3n) is 5.87. The molecule has 1 heterocycles. The molecule has 0 N–H and O–H groups in total. The molecule has 1 aromatic heterocycles. The van der Waals surface area contributed by atoms with Gasteiger partial charge in [0.15, 0.2) is 5.43 Å². The third-order valence-corrected chi connectivity index (χ3v) is 5.87. The van der Waals surface area contributed by atoms with Gasteiger partial charge in [0, 0.05) is 11.5 Å². The highest BCUT2D eigenvalue weighted by Crippen LogP contribution is 2.56. The fourth-order valence-corrected chi connectivity index (χ4v) is 4.33. The number of ether oxygens (including phenoxy) is 1. The van der Waals surface area contributed by atoms with E-state index in [1.165, 1.54) is 11.1 Å². The Bertz CT molecular complexity index is 1200. The zero-order chi connectivity index (χ0) is 22.3. The molecule has 0 amide bonds. The Balaban J connectivity index is 1.75. The summed E-state index contributed by atoms with van der Waals surface area (Å²) in [6.45, 7) is 9.67. The summed E-state index contributed by atoms with van der Waals surface area (Å²) in [5.74, 6) is 0.998. The molecular weight excluding hydrogens is 388 g/mol. The normalized spacial score (nSPS) is 18.2. The van der Waals surface area contributed by atoms with E-state index in [-0.39, 0.29) is 11.3 Å². The van der Waals surface area contributed by atoms with Crippen LogP contribution < -0.4 is 5.43 Å². The van der Waals surface area contributed by atoms with E-state index in [4.69, 9.17) is 9.15 Å². The van der Waals surface area contributed by atoms with Gasteiger partial charge in [0.05, 0.1) is 10.9 Å². The van der Waals surface area contributed by atoms with E-state index in [1.807, 2.05) is 20.8 Å². The van der Waals surface area contributed by atoms with Gasteiger partial charge in [-0.25, -0.2) is 4.79 Å². The number of esters is 1. The van der Waals surface area contributed by atoms with Crippen LogP contribution in [0.25, 0.3) is 11.0 Å². The second-order valence-electron chi connectivity index (χ2n) is 9.54. The minimum Gasteiger partial charge on any atom is -0.460 e. The van der Waals surface area contributed by atoms with Gasteiger partial charge >= 0.3 is 5.97 Å². The molecule has 4 heteroatoms. The predicted octanol–water partition coefficient (Wildman–Crippen LogP) is 6.28. The summed E-state index contributed by atoms with van der Waals surface area (Å²) < 4.78 is 11.8. The zero-order valence-electron chi connectivity index (χ0n) is 19.0. The van der Waals surface area contributed by atoms with Gasteiger partial charge in [-0.1, -0.05) is 37.6 Å². The molecule has 0 radical (unpaired) electrons. The van der Waals surface area contributed by atoms with Crippen molar-refractivity contribution in [1.29, 1.82) is 0 Å². The SMILES string of the molecule is CCCc1c(C2CC2c2ccccc2C)oc2ccc(C(=O)OC(C)(C)C)cc2c1=O. The lowest BCUT2D eigenvalue weighted by Crippen LogP contribution is -2.24. The summed E-state index contributed by atoms with van der Waals surface area (Å²) in [6.07, 6.45) is 2.52. The second kappa shape index (κ2) is 7.99. The van der Waals surface area contributed by atoms with Crippen LogP contribution in [0.2, 0.25) is 0 Å². The fourth-order valence-electron chi connectivity index (χ4n) is 4.33. The highest BCUT2D eigenvalue weighted by molar-refractivity contribution is 5.94. The second-order valence-corrected chi connectivity index (χ2v) is 9.54. The summed E-state index contributed by atoms with van der Waals surface area (Å²) in [7, 11) is 0. The van der Waals surface area contributed by atoms with E-state index in [0.717, 1.165) is 24.2 Å².